The first-order chi connectivity index (χ1) is 13.1. The van der Waals surface area contributed by atoms with E-state index in [2.05, 4.69) is 60.4 Å². The van der Waals surface area contributed by atoms with Gasteiger partial charge in [-0.05, 0) is 43.9 Å². The van der Waals surface area contributed by atoms with Gasteiger partial charge in [0.25, 0.3) is 0 Å². The van der Waals surface area contributed by atoms with E-state index >= 15 is 0 Å². The van der Waals surface area contributed by atoms with Crippen molar-refractivity contribution in [3.05, 3.63) is 29.8 Å². The first-order valence-corrected chi connectivity index (χ1v) is 10.0. The molecule has 0 atom stereocenters. The Morgan fingerprint density at radius 1 is 1.19 bits per heavy atom. The molecular formula is C21H36N4O2. The monoisotopic (exact) mass is 376 g/mol. The number of nitrogens with zero attached hydrogens (tertiary/aromatic N) is 3. The van der Waals surface area contributed by atoms with Gasteiger partial charge in [0.05, 0.1) is 12.6 Å². The van der Waals surface area contributed by atoms with Crippen LogP contribution in [-0.2, 0) is 16.0 Å². The van der Waals surface area contributed by atoms with E-state index in [0.717, 1.165) is 58.1 Å². The first kappa shape index (κ1) is 21.5. The molecule has 6 nitrogen and oxygen atoms in total. The predicted octanol–water partition coefficient (Wildman–Crippen LogP) is 2.74. The van der Waals surface area contributed by atoms with Gasteiger partial charge in [-0.2, -0.15) is 0 Å². The minimum Gasteiger partial charge on any atom is -0.385 e. The highest BCUT2D eigenvalue weighted by Gasteiger charge is 2.21. The van der Waals surface area contributed by atoms with Crippen LogP contribution in [0.1, 0.15) is 31.7 Å². The van der Waals surface area contributed by atoms with Gasteiger partial charge in [-0.3, -0.25) is 0 Å². The minimum absolute atomic E-state index is 0.361. The molecule has 152 valence electrons. The van der Waals surface area contributed by atoms with Gasteiger partial charge in [0.15, 0.2) is 5.96 Å². The van der Waals surface area contributed by atoms with E-state index in [-0.39, 0.29) is 0 Å². The molecule has 27 heavy (non-hydrogen) atoms. The van der Waals surface area contributed by atoms with Crippen molar-refractivity contribution >= 4 is 11.6 Å². The van der Waals surface area contributed by atoms with E-state index in [1.165, 1.54) is 11.3 Å². The summed E-state index contributed by atoms with van der Waals surface area (Å²) < 4.78 is 11.0. The van der Waals surface area contributed by atoms with Crippen molar-refractivity contribution in [3.63, 3.8) is 0 Å². The lowest BCUT2D eigenvalue weighted by Crippen LogP contribution is -2.47. The molecule has 0 saturated carbocycles. The van der Waals surface area contributed by atoms with Crippen LogP contribution in [0.4, 0.5) is 5.69 Å². The topological polar surface area (TPSA) is 49.3 Å². The number of rotatable bonds is 9. The van der Waals surface area contributed by atoms with Gasteiger partial charge in [0.2, 0.25) is 0 Å². The number of guanidine groups is 1. The molecule has 1 aromatic rings. The van der Waals surface area contributed by atoms with Gasteiger partial charge in [0.1, 0.15) is 0 Å². The second-order valence-electron chi connectivity index (χ2n) is 7.13. The molecule has 0 bridgehead atoms. The van der Waals surface area contributed by atoms with E-state index in [1.54, 1.807) is 7.11 Å². The summed E-state index contributed by atoms with van der Waals surface area (Å²) in [7, 11) is 5.85. The molecule has 1 heterocycles. The summed E-state index contributed by atoms with van der Waals surface area (Å²) in [5.41, 5.74) is 2.44. The number of ether oxygens (including phenoxy) is 2. The Morgan fingerprint density at radius 3 is 2.48 bits per heavy atom. The summed E-state index contributed by atoms with van der Waals surface area (Å²) in [6.07, 6.45) is 3.43. The molecule has 0 aliphatic carbocycles. The number of nitrogens with one attached hydrogen (secondary N) is 1. The molecular weight excluding hydrogens is 340 g/mol. The number of likely N-dealkylation sites (tertiary alicyclic amines) is 1. The fourth-order valence-corrected chi connectivity index (χ4v) is 3.18. The maximum absolute atomic E-state index is 5.96. The zero-order chi connectivity index (χ0) is 19.5. The molecule has 1 aromatic carbocycles. The summed E-state index contributed by atoms with van der Waals surface area (Å²) in [5, 5.41) is 3.44. The summed E-state index contributed by atoms with van der Waals surface area (Å²) >= 11 is 0. The van der Waals surface area contributed by atoms with Crippen LogP contribution in [0.3, 0.4) is 0 Å². The number of aliphatic imine (C=N–C) groups is 1. The Morgan fingerprint density at radius 2 is 1.89 bits per heavy atom. The van der Waals surface area contributed by atoms with E-state index < -0.39 is 0 Å². The average molecular weight is 377 g/mol. The van der Waals surface area contributed by atoms with Crippen LogP contribution in [0.2, 0.25) is 0 Å². The van der Waals surface area contributed by atoms with Crippen LogP contribution in [0.5, 0.6) is 0 Å². The molecule has 1 aliphatic rings. The summed E-state index contributed by atoms with van der Waals surface area (Å²) in [6, 6.07) is 8.60. The zero-order valence-electron chi connectivity index (χ0n) is 17.4. The Bertz CT molecular complexity index is 552. The molecule has 6 heteroatoms. The first-order valence-electron chi connectivity index (χ1n) is 10.0. The van der Waals surface area contributed by atoms with Gasteiger partial charge in [-0.1, -0.05) is 12.1 Å². The summed E-state index contributed by atoms with van der Waals surface area (Å²) in [6.45, 7) is 7.23. The highest BCUT2D eigenvalue weighted by molar-refractivity contribution is 5.80. The van der Waals surface area contributed by atoms with Crippen molar-refractivity contribution in [3.8, 4) is 0 Å². The fraction of sp³-hybridized carbons (Fsp3) is 0.667. The molecule has 1 fully saturated rings. The number of hydrogen-bond acceptors (Lipinski definition) is 4. The molecule has 0 radical (unpaired) electrons. The number of methoxy groups -OCH3 is 1. The third-order valence-electron chi connectivity index (χ3n) is 4.79. The summed E-state index contributed by atoms with van der Waals surface area (Å²) in [4.78, 5) is 9.32. The Hall–Kier alpha value is -1.79. The van der Waals surface area contributed by atoms with Gasteiger partial charge in [-0.15, -0.1) is 0 Å². The van der Waals surface area contributed by atoms with Gasteiger partial charge in [-0.25, -0.2) is 4.99 Å². The van der Waals surface area contributed by atoms with Gasteiger partial charge >= 0.3 is 0 Å². The maximum atomic E-state index is 5.96. The fourth-order valence-electron chi connectivity index (χ4n) is 3.18. The lowest BCUT2D eigenvalue weighted by atomic mass is 10.1. The molecule has 1 N–H and O–H groups in total. The van der Waals surface area contributed by atoms with Gasteiger partial charge < -0.3 is 24.6 Å². The smallest absolute Gasteiger partial charge is 0.194 e. The molecule has 1 aliphatic heterocycles. The van der Waals surface area contributed by atoms with E-state index in [4.69, 9.17) is 14.5 Å². The van der Waals surface area contributed by atoms with Crippen LogP contribution in [0, 0.1) is 0 Å². The SMILES string of the molecule is CCNC(=NCc1ccc(N(C)C)cc1)N1CCC(OCCCOC)CC1. The average Bonchev–Trinajstić information content (AvgIpc) is 2.69. The normalized spacial score (nSPS) is 15.9. The maximum Gasteiger partial charge on any atom is 0.194 e. The third-order valence-corrected chi connectivity index (χ3v) is 4.79. The lowest BCUT2D eigenvalue weighted by Gasteiger charge is -2.34. The second kappa shape index (κ2) is 11.8. The van der Waals surface area contributed by atoms with Crippen LogP contribution < -0.4 is 10.2 Å². The molecule has 0 unspecified atom stereocenters. The molecule has 0 amide bonds. The molecule has 1 saturated heterocycles. The predicted molar refractivity (Wildman–Crippen MR) is 113 cm³/mol. The molecule has 2 rings (SSSR count). The minimum atomic E-state index is 0.361. The van der Waals surface area contributed by atoms with Crippen LogP contribution in [-0.4, -0.2) is 71.0 Å². The Labute approximate surface area is 164 Å². The molecule has 0 spiro atoms. The van der Waals surface area contributed by atoms with Crippen molar-refractivity contribution in [1.29, 1.82) is 0 Å². The van der Waals surface area contributed by atoms with Crippen molar-refractivity contribution in [2.24, 2.45) is 4.99 Å². The molecule has 0 aromatic heterocycles. The quantitative estimate of drug-likeness (QED) is 0.408. The van der Waals surface area contributed by atoms with Crippen molar-refractivity contribution in [1.82, 2.24) is 10.2 Å². The largest absolute Gasteiger partial charge is 0.385 e. The van der Waals surface area contributed by atoms with Crippen LogP contribution >= 0.6 is 0 Å². The van der Waals surface area contributed by atoms with Crippen LogP contribution in [0.25, 0.3) is 0 Å². The number of piperidine rings is 1. The summed E-state index contributed by atoms with van der Waals surface area (Å²) in [5.74, 6) is 1.01. The van der Waals surface area contributed by atoms with Crippen molar-refractivity contribution in [2.75, 3.05) is 59.0 Å². The third kappa shape index (κ3) is 7.39. The second-order valence-corrected chi connectivity index (χ2v) is 7.13. The van der Waals surface area contributed by atoms with Crippen LogP contribution in [0.15, 0.2) is 29.3 Å². The van der Waals surface area contributed by atoms with E-state index in [9.17, 15) is 0 Å². The Balaban J connectivity index is 1.84. The lowest BCUT2D eigenvalue weighted by molar-refractivity contribution is 0.00990. The van der Waals surface area contributed by atoms with Gasteiger partial charge in [0, 0.05) is 59.7 Å². The highest BCUT2D eigenvalue weighted by atomic mass is 16.5. The van der Waals surface area contributed by atoms with Crippen molar-refractivity contribution < 1.29 is 9.47 Å². The highest BCUT2D eigenvalue weighted by Crippen LogP contribution is 2.16. The van der Waals surface area contributed by atoms with E-state index in [0.29, 0.717) is 12.6 Å². The number of hydrogen-bond donors (Lipinski definition) is 1. The Kier molecular flexibility index (Phi) is 9.42. The van der Waals surface area contributed by atoms with Crippen molar-refractivity contribution in [2.45, 2.75) is 38.8 Å². The number of benzene rings is 1. The van der Waals surface area contributed by atoms with E-state index in [1.807, 2.05) is 0 Å². The zero-order valence-corrected chi connectivity index (χ0v) is 17.4. The standard InChI is InChI=1S/C21H36N4O2/c1-5-22-21(23-17-18-7-9-19(10-8-18)24(2)3)25-13-11-20(12-14-25)27-16-6-15-26-4/h7-10,20H,5-6,11-17H2,1-4H3,(H,22,23). The number of anilines is 1.